The van der Waals surface area contributed by atoms with E-state index in [0.29, 0.717) is 16.5 Å². The Morgan fingerprint density at radius 1 is 1.25 bits per heavy atom. The van der Waals surface area contributed by atoms with Crippen molar-refractivity contribution in [2.75, 3.05) is 5.32 Å². The van der Waals surface area contributed by atoms with Crippen molar-refractivity contribution >= 4 is 28.2 Å². The molecule has 1 unspecified atom stereocenters. The molecule has 1 N–H and O–H groups in total. The van der Waals surface area contributed by atoms with Gasteiger partial charge in [0.25, 0.3) is 0 Å². The van der Waals surface area contributed by atoms with Crippen molar-refractivity contribution in [2.45, 2.75) is 45.6 Å². The maximum absolute atomic E-state index is 6.24. The van der Waals surface area contributed by atoms with E-state index in [1.54, 1.807) is 6.20 Å². The Hall–Kier alpha value is -1.28. The number of nitrogens with one attached hydrogen (secondary N) is 1. The van der Waals surface area contributed by atoms with E-state index in [-0.39, 0.29) is 0 Å². The lowest BCUT2D eigenvalue weighted by Crippen LogP contribution is -2.38. The maximum atomic E-state index is 6.24. The van der Waals surface area contributed by atoms with Gasteiger partial charge in [-0.1, -0.05) is 38.3 Å². The second-order valence-corrected chi connectivity index (χ2v) is 6.83. The van der Waals surface area contributed by atoms with Crippen LogP contribution in [0.2, 0.25) is 5.02 Å². The summed E-state index contributed by atoms with van der Waals surface area (Å²) in [5.74, 6) is 0. The highest BCUT2D eigenvalue weighted by molar-refractivity contribution is 6.35. The number of anilines is 1. The van der Waals surface area contributed by atoms with Crippen molar-refractivity contribution in [3.05, 3.63) is 35.5 Å². The molecular formula is C17H21ClN2. The van der Waals surface area contributed by atoms with Gasteiger partial charge in [-0.3, -0.25) is 4.98 Å². The predicted octanol–water partition coefficient (Wildman–Crippen LogP) is 5.27. The van der Waals surface area contributed by atoms with Crippen LogP contribution >= 0.6 is 11.6 Å². The predicted molar refractivity (Wildman–Crippen MR) is 86.4 cm³/mol. The third-order valence-corrected chi connectivity index (χ3v) is 4.86. The van der Waals surface area contributed by atoms with E-state index in [9.17, 15) is 0 Å². The summed E-state index contributed by atoms with van der Waals surface area (Å²) in [4.78, 5) is 4.40. The van der Waals surface area contributed by atoms with Crippen LogP contribution in [0.25, 0.3) is 10.9 Å². The van der Waals surface area contributed by atoms with Crippen LogP contribution < -0.4 is 5.32 Å². The number of fused-ring (bicyclic) bond motifs is 1. The van der Waals surface area contributed by atoms with Gasteiger partial charge >= 0.3 is 0 Å². The van der Waals surface area contributed by atoms with E-state index >= 15 is 0 Å². The second kappa shape index (κ2) is 5.25. The average Bonchev–Trinajstić information content (AvgIpc) is 2.44. The summed E-state index contributed by atoms with van der Waals surface area (Å²) in [6.07, 6.45) is 6.97. The van der Waals surface area contributed by atoms with E-state index in [1.807, 2.05) is 12.1 Å². The summed E-state index contributed by atoms with van der Waals surface area (Å²) in [7, 11) is 0. The van der Waals surface area contributed by atoms with Crippen LogP contribution in [0.4, 0.5) is 5.69 Å². The summed E-state index contributed by atoms with van der Waals surface area (Å²) >= 11 is 6.24. The molecule has 1 fully saturated rings. The Labute approximate surface area is 125 Å². The van der Waals surface area contributed by atoms with Gasteiger partial charge in [0, 0.05) is 23.3 Å². The molecule has 20 heavy (non-hydrogen) atoms. The maximum Gasteiger partial charge on any atom is 0.0908 e. The summed E-state index contributed by atoms with van der Waals surface area (Å²) in [6, 6.07) is 8.59. The fourth-order valence-corrected chi connectivity index (χ4v) is 3.43. The minimum Gasteiger partial charge on any atom is -0.381 e. The number of hydrogen-bond acceptors (Lipinski definition) is 2. The molecule has 0 spiro atoms. The number of nitrogens with zero attached hydrogens (tertiary/aromatic N) is 1. The van der Waals surface area contributed by atoms with E-state index < -0.39 is 0 Å². The number of hydrogen-bond donors (Lipinski definition) is 1. The Morgan fingerprint density at radius 3 is 2.90 bits per heavy atom. The van der Waals surface area contributed by atoms with Gasteiger partial charge in [0.05, 0.1) is 10.5 Å². The number of benzene rings is 1. The third kappa shape index (κ3) is 2.49. The minimum absolute atomic E-state index is 0.340. The SMILES string of the molecule is CC1(C)CCCCC1Nc1ccc(Cl)c2ncccc12. The number of rotatable bonds is 2. The van der Waals surface area contributed by atoms with Crippen LogP contribution in [-0.2, 0) is 0 Å². The van der Waals surface area contributed by atoms with Crippen LogP contribution in [0.1, 0.15) is 39.5 Å². The molecule has 1 atom stereocenters. The molecule has 0 amide bonds. The van der Waals surface area contributed by atoms with E-state index in [1.165, 1.54) is 25.7 Å². The molecule has 2 aromatic rings. The van der Waals surface area contributed by atoms with Crippen LogP contribution in [0.15, 0.2) is 30.5 Å². The van der Waals surface area contributed by atoms with Crippen molar-refractivity contribution in [1.82, 2.24) is 4.98 Å². The molecule has 3 heteroatoms. The van der Waals surface area contributed by atoms with Crippen molar-refractivity contribution in [3.63, 3.8) is 0 Å². The van der Waals surface area contributed by atoms with Crippen LogP contribution in [0, 0.1) is 5.41 Å². The van der Waals surface area contributed by atoms with Gasteiger partial charge in [-0.25, -0.2) is 0 Å². The molecule has 1 aliphatic carbocycles. The highest BCUT2D eigenvalue weighted by atomic mass is 35.5. The first-order valence-electron chi connectivity index (χ1n) is 7.38. The van der Waals surface area contributed by atoms with E-state index in [4.69, 9.17) is 11.6 Å². The second-order valence-electron chi connectivity index (χ2n) is 6.43. The zero-order valence-electron chi connectivity index (χ0n) is 12.1. The Bertz CT molecular complexity index is 621. The fraction of sp³-hybridized carbons (Fsp3) is 0.471. The molecule has 0 bridgehead atoms. The van der Waals surface area contributed by atoms with Crippen LogP contribution in [0.3, 0.4) is 0 Å². The first-order chi connectivity index (χ1) is 9.58. The number of pyridine rings is 1. The molecular weight excluding hydrogens is 268 g/mol. The molecule has 1 aliphatic rings. The smallest absolute Gasteiger partial charge is 0.0908 e. The summed E-state index contributed by atoms with van der Waals surface area (Å²) in [5.41, 5.74) is 2.37. The monoisotopic (exact) mass is 288 g/mol. The largest absolute Gasteiger partial charge is 0.381 e. The van der Waals surface area contributed by atoms with Crippen molar-refractivity contribution < 1.29 is 0 Å². The van der Waals surface area contributed by atoms with Crippen molar-refractivity contribution in [2.24, 2.45) is 5.41 Å². The molecule has 1 heterocycles. The zero-order valence-corrected chi connectivity index (χ0v) is 12.9. The molecule has 1 saturated carbocycles. The molecule has 0 radical (unpaired) electrons. The standard InChI is InChI=1S/C17H21ClN2/c1-17(2)10-4-3-7-15(17)20-14-9-8-13(18)16-12(14)6-5-11-19-16/h5-6,8-9,11,15,20H,3-4,7,10H2,1-2H3. The number of halogens is 1. The number of aromatic nitrogens is 1. The normalized spacial score (nSPS) is 21.9. The highest BCUT2D eigenvalue weighted by Crippen LogP contribution is 2.38. The van der Waals surface area contributed by atoms with Gasteiger partial charge in [0.15, 0.2) is 0 Å². The third-order valence-electron chi connectivity index (χ3n) is 4.56. The summed E-state index contributed by atoms with van der Waals surface area (Å²) in [6.45, 7) is 4.72. The molecule has 1 aromatic heterocycles. The Morgan fingerprint density at radius 2 is 2.10 bits per heavy atom. The van der Waals surface area contributed by atoms with E-state index in [2.05, 4.69) is 36.3 Å². The average molecular weight is 289 g/mol. The van der Waals surface area contributed by atoms with Gasteiger partial charge in [0.2, 0.25) is 0 Å². The topological polar surface area (TPSA) is 24.9 Å². The summed E-state index contributed by atoms with van der Waals surface area (Å²) < 4.78 is 0. The molecule has 0 saturated heterocycles. The van der Waals surface area contributed by atoms with Gasteiger partial charge in [0.1, 0.15) is 0 Å². The lowest BCUT2D eigenvalue weighted by Gasteiger charge is -2.39. The van der Waals surface area contributed by atoms with Gasteiger partial charge in [-0.15, -0.1) is 0 Å². The van der Waals surface area contributed by atoms with Gasteiger partial charge in [-0.05, 0) is 42.5 Å². The first kappa shape index (κ1) is 13.7. The lowest BCUT2D eigenvalue weighted by molar-refractivity contribution is 0.217. The zero-order chi connectivity index (χ0) is 14.2. The van der Waals surface area contributed by atoms with Crippen LogP contribution in [-0.4, -0.2) is 11.0 Å². The first-order valence-corrected chi connectivity index (χ1v) is 7.75. The highest BCUT2D eigenvalue weighted by Gasteiger charge is 2.32. The van der Waals surface area contributed by atoms with Gasteiger partial charge in [-0.2, -0.15) is 0 Å². The minimum atomic E-state index is 0.340. The molecule has 3 rings (SSSR count). The Balaban J connectivity index is 1.97. The van der Waals surface area contributed by atoms with Crippen molar-refractivity contribution in [3.8, 4) is 0 Å². The van der Waals surface area contributed by atoms with Crippen molar-refractivity contribution in [1.29, 1.82) is 0 Å². The summed E-state index contributed by atoms with van der Waals surface area (Å²) in [5, 5.41) is 5.57. The molecule has 0 aliphatic heterocycles. The molecule has 2 nitrogen and oxygen atoms in total. The van der Waals surface area contributed by atoms with Crippen LogP contribution in [0.5, 0.6) is 0 Å². The van der Waals surface area contributed by atoms with Gasteiger partial charge < -0.3 is 5.32 Å². The Kier molecular flexibility index (Phi) is 3.59. The lowest BCUT2D eigenvalue weighted by atomic mass is 9.73. The molecule has 106 valence electrons. The molecule has 1 aromatic carbocycles. The van der Waals surface area contributed by atoms with E-state index in [0.717, 1.165) is 16.6 Å². The quantitative estimate of drug-likeness (QED) is 0.814. The fourth-order valence-electron chi connectivity index (χ4n) is 3.21.